The van der Waals surface area contributed by atoms with Gasteiger partial charge in [0.25, 0.3) is 0 Å². The molecule has 1 amide bonds. The first kappa shape index (κ1) is 17.0. The lowest BCUT2D eigenvalue weighted by Crippen LogP contribution is -2.30. The summed E-state index contributed by atoms with van der Waals surface area (Å²) >= 11 is 18.4. The summed E-state index contributed by atoms with van der Waals surface area (Å²) in [7, 11) is 0. The van der Waals surface area contributed by atoms with E-state index in [-0.39, 0.29) is 17.9 Å². The molecular weight excluding hydrogens is 361 g/mol. The molecule has 0 N–H and O–H groups in total. The summed E-state index contributed by atoms with van der Waals surface area (Å²) in [4.78, 5) is 13.7. The zero-order chi connectivity index (χ0) is 16.6. The highest BCUT2D eigenvalue weighted by atomic mass is 35.5. The van der Waals surface area contributed by atoms with Crippen LogP contribution in [0.25, 0.3) is 0 Å². The highest BCUT2D eigenvalue weighted by Crippen LogP contribution is 2.58. The quantitative estimate of drug-likeness (QED) is 0.709. The van der Waals surface area contributed by atoms with Crippen molar-refractivity contribution in [3.05, 3.63) is 23.2 Å². The van der Waals surface area contributed by atoms with Crippen LogP contribution < -0.4 is 9.47 Å². The summed E-state index contributed by atoms with van der Waals surface area (Å²) in [6.45, 7) is 3.83. The number of hydrogen-bond donors (Lipinski definition) is 0. The number of carbonyl (C=O) groups excluding carboxylic acids is 1. The monoisotopic (exact) mass is 377 g/mol. The van der Waals surface area contributed by atoms with E-state index in [2.05, 4.69) is 0 Å². The average molecular weight is 379 g/mol. The molecule has 3 rings (SSSR count). The molecule has 7 heteroatoms. The van der Waals surface area contributed by atoms with E-state index in [0.29, 0.717) is 23.1 Å². The lowest BCUT2D eigenvalue weighted by Gasteiger charge is -2.15. The Bertz CT molecular complexity index is 602. The number of ether oxygens (including phenoxy) is 2. The molecule has 126 valence electrons. The Morgan fingerprint density at radius 2 is 2.00 bits per heavy atom. The van der Waals surface area contributed by atoms with Gasteiger partial charge in [-0.15, -0.1) is 23.2 Å². The number of nitrogens with zero attached hydrogens (tertiary/aromatic N) is 1. The minimum Gasteiger partial charge on any atom is -0.491 e. The van der Waals surface area contributed by atoms with Gasteiger partial charge in [0, 0.05) is 25.1 Å². The van der Waals surface area contributed by atoms with Crippen LogP contribution in [0.4, 0.5) is 4.79 Å². The summed E-state index contributed by atoms with van der Waals surface area (Å²) in [5.41, 5.74) is 0. The molecule has 1 saturated carbocycles. The SMILES string of the molecule is C[C@@H]1[C@@H](COc2cc(OC(=O)N3CCCC3)ccc2Cl)C1(Cl)Cl. The van der Waals surface area contributed by atoms with Crippen molar-refractivity contribution in [1.82, 2.24) is 4.90 Å². The second-order valence-corrected chi connectivity index (χ2v) is 7.89. The molecule has 1 heterocycles. The molecule has 1 aromatic rings. The van der Waals surface area contributed by atoms with E-state index in [1.165, 1.54) is 0 Å². The van der Waals surface area contributed by atoms with Crippen LogP contribution in [-0.2, 0) is 0 Å². The summed E-state index contributed by atoms with van der Waals surface area (Å²) < 4.78 is 10.4. The number of likely N-dealkylation sites (tertiary alicyclic amines) is 1. The largest absolute Gasteiger partial charge is 0.491 e. The van der Waals surface area contributed by atoms with Crippen LogP contribution in [0.1, 0.15) is 19.8 Å². The first-order chi connectivity index (χ1) is 10.9. The lowest BCUT2D eigenvalue weighted by atomic mass is 10.3. The Labute approximate surface area is 150 Å². The van der Waals surface area contributed by atoms with Gasteiger partial charge in [-0.05, 0) is 30.9 Å². The van der Waals surface area contributed by atoms with E-state index in [1.807, 2.05) is 6.92 Å². The van der Waals surface area contributed by atoms with Crippen LogP contribution in [0.5, 0.6) is 11.5 Å². The third-order valence-electron chi connectivity index (χ3n) is 4.49. The van der Waals surface area contributed by atoms with E-state index < -0.39 is 4.33 Å². The standard InChI is InChI=1S/C16H18Cl3NO3/c1-10-12(16(10,18)19)9-22-14-8-11(4-5-13(14)17)23-15(21)20-6-2-3-7-20/h4-5,8,10,12H,2-3,6-7,9H2,1H3/t10-,12-/m1/s1. The van der Waals surface area contributed by atoms with Crippen LogP contribution in [-0.4, -0.2) is 35.0 Å². The summed E-state index contributed by atoms with van der Waals surface area (Å²) in [5.74, 6) is 1.12. The maximum Gasteiger partial charge on any atom is 0.415 e. The number of rotatable bonds is 4. The maximum atomic E-state index is 12.0. The Morgan fingerprint density at radius 1 is 1.35 bits per heavy atom. The van der Waals surface area contributed by atoms with Crippen molar-refractivity contribution < 1.29 is 14.3 Å². The van der Waals surface area contributed by atoms with Crippen molar-refractivity contribution in [1.29, 1.82) is 0 Å². The molecule has 23 heavy (non-hydrogen) atoms. The van der Waals surface area contributed by atoms with Crippen LogP contribution in [0, 0.1) is 11.8 Å². The number of alkyl halides is 2. The van der Waals surface area contributed by atoms with E-state index in [1.54, 1.807) is 23.1 Å². The molecule has 0 aromatic heterocycles. The molecule has 0 spiro atoms. The fraction of sp³-hybridized carbons (Fsp3) is 0.562. The Morgan fingerprint density at radius 3 is 2.61 bits per heavy atom. The van der Waals surface area contributed by atoms with Crippen LogP contribution in [0.15, 0.2) is 18.2 Å². The van der Waals surface area contributed by atoms with Gasteiger partial charge in [-0.1, -0.05) is 18.5 Å². The minimum atomic E-state index is -0.730. The number of halogens is 3. The van der Waals surface area contributed by atoms with Gasteiger partial charge in [0.2, 0.25) is 0 Å². The van der Waals surface area contributed by atoms with Crippen LogP contribution in [0.2, 0.25) is 5.02 Å². The van der Waals surface area contributed by atoms with Gasteiger partial charge in [-0.2, -0.15) is 0 Å². The Balaban J connectivity index is 1.61. The maximum absolute atomic E-state index is 12.0. The molecule has 1 saturated heterocycles. The van der Waals surface area contributed by atoms with E-state index >= 15 is 0 Å². The highest BCUT2D eigenvalue weighted by Gasteiger charge is 2.60. The first-order valence-corrected chi connectivity index (χ1v) is 8.80. The first-order valence-electron chi connectivity index (χ1n) is 7.66. The highest BCUT2D eigenvalue weighted by molar-refractivity contribution is 6.51. The minimum absolute atomic E-state index is 0.0673. The molecule has 4 nitrogen and oxygen atoms in total. The molecule has 0 bridgehead atoms. The van der Waals surface area contributed by atoms with Crippen molar-refractivity contribution in [3.63, 3.8) is 0 Å². The smallest absolute Gasteiger partial charge is 0.415 e. The zero-order valence-electron chi connectivity index (χ0n) is 12.7. The van der Waals surface area contributed by atoms with Gasteiger partial charge < -0.3 is 14.4 Å². The molecule has 2 aliphatic rings. The van der Waals surface area contributed by atoms with Gasteiger partial charge in [-0.3, -0.25) is 0 Å². The molecule has 1 aromatic carbocycles. The fourth-order valence-electron chi connectivity index (χ4n) is 2.72. The van der Waals surface area contributed by atoms with Crippen molar-refractivity contribution in [3.8, 4) is 11.5 Å². The zero-order valence-corrected chi connectivity index (χ0v) is 15.0. The molecule has 2 fully saturated rings. The van der Waals surface area contributed by atoms with Gasteiger partial charge in [0.15, 0.2) is 0 Å². The van der Waals surface area contributed by atoms with Crippen LogP contribution >= 0.6 is 34.8 Å². The van der Waals surface area contributed by atoms with Crippen LogP contribution in [0.3, 0.4) is 0 Å². The van der Waals surface area contributed by atoms with Gasteiger partial charge in [-0.25, -0.2) is 4.79 Å². The molecule has 0 radical (unpaired) electrons. The Kier molecular flexibility index (Phi) is 4.86. The summed E-state index contributed by atoms with van der Waals surface area (Å²) in [6, 6.07) is 4.91. The molecule has 1 aliphatic heterocycles. The number of amides is 1. The number of hydrogen-bond acceptors (Lipinski definition) is 3. The van der Waals surface area contributed by atoms with E-state index in [4.69, 9.17) is 44.3 Å². The second kappa shape index (κ2) is 6.58. The fourth-order valence-corrected chi connectivity index (χ4v) is 3.57. The van der Waals surface area contributed by atoms with Gasteiger partial charge >= 0.3 is 6.09 Å². The average Bonchev–Trinajstić information content (AvgIpc) is 2.92. The predicted molar refractivity (Wildman–Crippen MR) is 90.9 cm³/mol. The third-order valence-corrected chi connectivity index (χ3v) is 6.05. The Hall–Kier alpha value is -0.840. The third kappa shape index (κ3) is 3.65. The molecule has 1 aliphatic carbocycles. The lowest BCUT2D eigenvalue weighted by molar-refractivity contribution is 0.162. The van der Waals surface area contributed by atoms with E-state index in [9.17, 15) is 4.79 Å². The van der Waals surface area contributed by atoms with E-state index in [0.717, 1.165) is 25.9 Å². The predicted octanol–water partition coefficient (Wildman–Crippen LogP) is 4.75. The van der Waals surface area contributed by atoms with Gasteiger partial charge in [0.05, 0.1) is 11.6 Å². The topological polar surface area (TPSA) is 38.8 Å². The van der Waals surface area contributed by atoms with Gasteiger partial charge in [0.1, 0.15) is 15.8 Å². The number of benzene rings is 1. The molecular formula is C16H18Cl3NO3. The normalized spacial score (nSPS) is 25.3. The summed E-state index contributed by atoms with van der Waals surface area (Å²) in [6.07, 6.45) is 1.69. The van der Waals surface area contributed by atoms with Crippen molar-refractivity contribution >= 4 is 40.9 Å². The van der Waals surface area contributed by atoms with Crippen molar-refractivity contribution in [2.75, 3.05) is 19.7 Å². The van der Waals surface area contributed by atoms with Crippen molar-refractivity contribution in [2.24, 2.45) is 11.8 Å². The number of carbonyl (C=O) groups is 1. The summed E-state index contributed by atoms with van der Waals surface area (Å²) in [5, 5.41) is 0.453. The second-order valence-electron chi connectivity index (χ2n) is 6.04. The molecule has 0 unspecified atom stereocenters. The molecule has 2 atom stereocenters. The van der Waals surface area contributed by atoms with Crippen molar-refractivity contribution in [2.45, 2.75) is 24.1 Å².